The monoisotopic (exact) mass is 359 g/mol. The summed E-state index contributed by atoms with van der Waals surface area (Å²) in [7, 11) is 0. The summed E-state index contributed by atoms with van der Waals surface area (Å²) in [6.07, 6.45) is 0.884. The molecule has 1 heterocycles. The second kappa shape index (κ2) is 7.07. The lowest BCUT2D eigenvalue weighted by molar-refractivity contribution is 0.0320. The number of carbonyl (C=O) groups excluding carboxylic acids is 1. The van der Waals surface area contributed by atoms with Crippen molar-refractivity contribution in [3.63, 3.8) is 0 Å². The molecule has 0 unspecified atom stereocenters. The minimum atomic E-state index is -0.237. The van der Waals surface area contributed by atoms with Crippen LogP contribution in [0.4, 0.5) is 0 Å². The van der Waals surface area contributed by atoms with Gasteiger partial charge in [-0.1, -0.05) is 46.3 Å². The van der Waals surface area contributed by atoms with E-state index in [0.717, 1.165) is 30.5 Å². The first-order chi connectivity index (χ1) is 10.7. The topological polar surface area (TPSA) is 29.5 Å². The molecule has 1 aliphatic rings. The van der Waals surface area contributed by atoms with Gasteiger partial charge in [-0.05, 0) is 36.2 Å². The number of rotatable bonds is 4. The second-order valence-electron chi connectivity index (χ2n) is 5.54. The molecule has 1 aliphatic heterocycles. The van der Waals surface area contributed by atoms with Gasteiger partial charge in [0, 0.05) is 24.1 Å². The third-order valence-corrected chi connectivity index (χ3v) is 4.36. The highest BCUT2D eigenvalue weighted by Gasteiger charge is 2.25. The summed E-state index contributed by atoms with van der Waals surface area (Å²) in [5.41, 5.74) is 1.90. The summed E-state index contributed by atoms with van der Waals surface area (Å²) in [6, 6.07) is 17.7. The molecule has 2 aromatic carbocycles. The van der Waals surface area contributed by atoms with Crippen molar-refractivity contribution in [2.24, 2.45) is 0 Å². The SMILES string of the molecule is O=C(O[C@@H]1CCN(Cc2ccccc2)C1)c1ccc(Br)cc1. The lowest BCUT2D eigenvalue weighted by Crippen LogP contribution is -2.24. The van der Waals surface area contributed by atoms with E-state index >= 15 is 0 Å². The Kier molecular flexibility index (Phi) is 4.90. The maximum Gasteiger partial charge on any atom is 0.338 e. The summed E-state index contributed by atoms with van der Waals surface area (Å²) in [6.45, 7) is 2.68. The van der Waals surface area contributed by atoms with Gasteiger partial charge in [0.05, 0.1) is 5.56 Å². The molecule has 0 N–H and O–H groups in total. The Morgan fingerprint density at radius 1 is 1.14 bits per heavy atom. The average Bonchev–Trinajstić information content (AvgIpc) is 2.96. The van der Waals surface area contributed by atoms with Crippen molar-refractivity contribution in [1.82, 2.24) is 4.90 Å². The summed E-state index contributed by atoms with van der Waals surface area (Å²) < 4.78 is 6.57. The molecular weight excluding hydrogens is 342 g/mol. The molecule has 3 rings (SSSR count). The molecule has 1 fully saturated rings. The van der Waals surface area contributed by atoms with Gasteiger partial charge < -0.3 is 4.74 Å². The maximum atomic E-state index is 12.1. The molecule has 114 valence electrons. The molecule has 0 radical (unpaired) electrons. The first-order valence-electron chi connectivity index (χ1n) is 7.43. The van der Waals surface area contributed by atoms with E-state index in [1.165, 1.54) is 5.56 Å². The van der Waals surface area contributed by atoms with Gasteiger partial charge in [-0.15, -0.1) is 0 Å². The molecule has 4 heteroatoms. The van der Waals surface area contributed by atoms with Gasteiger partial charge in [0.15, 0.2) is 0 Å². The lowest BCUT2D eigenvalue weighted by Gasteiger charge is -2.16. The van der Waals surface area contributed by atoms with Crippen LogP contribution < -0.4 is 0 Å². The van der Waals surface area contributed by atoms with E-state index in [1.807, 2.05) is 18.2 Å². The standard InChI is InChI=1S/C18H18BrNO2/c19-16-8-6-15(7-9-16)18(21)22-17-10-11-20(13-17)12-14-4-2-1-3-5-14/h1-9,17H,10-13H2/t17-/m1/s1. The molecule has 1 atom stereocenters. The van der Waals surface area contributed by atoms with Crippen LogP contribution in [0, 0.1) is 0 Å². The van der Waals surface area contributed by atoms with Crippen LogP contribution in [-0.4, -0.2) is 30.1 Å². The predicted molar refractivity (Wildman–Crippen MR) is 89.7 cm³/mol. The smallest absolute Gasteiger partial charge is 0.338 e. The van der Waals surface area contributed by atoms with Crippen molar-refractivity contribution in [1.29, 1.82) is 0 Å². The zero-order valence-electron chi connectivity index (χ0n) is 12.2. The Bertz CT molecular complexity index is 627. The summed E-state index contributed by atoms with van der Waals surface area (Å²) >= 11 is 3.36. The van der Waals surface area contributed by atoms with E-state index < -0.39 is 0 Å². The molecule has 2 aromatic rings. The highest BCUT2D eigenvalue weighted by Crippen LogP contribution is 2.18. The third-order valence-electron chi connectivity index (χ3n) is 3.83. The van der Waals surface area contributed by atoms with Gasteiger partial charge in [0.2, 0.25) is 0 Å². The van der Waals surface area contributed by atoms with Crippen molar-refractivity contribution in [3.05, 3.63) is 70.2 Å². The minimum Gasteiger partial charge on any atom is -0.457 e. The van der Waals surface area contributed by atoms with Gasteiger partial charge in [-0.3, -0.25) is 4.90 Å². The van der Waals surface area contributed by atoms with Gasteiger partial charge in [0.1, 0.15) is 6.10 Å². The first-order valence-corrected chi connectivity index (χ1v) is 8.23. The van der Waals surface area contributed by atoms with Crippen molar-refractivity contribution in [3.8, 4) is 0 Å². The van der Waals surface area contributed by atoms with Crippen LogP contribution in [0.15, 0.2) is 59.1 Å². The first kappa shape index (κ1) is 15.3. The maximum absolute atomic E-state index is 12.1. The molecule has 0 bridgehead atoms. The van der Waals surface area contributed by atoms with Crippen LogP contribution in [0.25, 0.3) is 0 Å². The summed E-state index contributed by atoms with van der Waals surface area (Å²) in [4.78, 5) is 14.4. The molecule has 22 heavy (non-hydrogen) atoms. The Balaban J connectivity index is 1.52. The van der Waals surface area contributed by atoms with Gasteiger partial charge in [0.25, 0.3) is 0 Å². The van der Waals surface area contributed by atoms with E-state index in [2.05, 4.69) is 45.1 Å². The third kappa shape index (κ3) is 3.96. The highest BCUT2D eigenvalue weighted by molar-refractivity contribution is 9.10. The molecule has 0 aromatic heterocycles. The van der Waals surface area contributed by atoms with Gasteiger partial charge >= 0.3 is 5.97 Å². The fraction of sp³-hybridized carbons (Fsp3) is 0.278. The molecule has 0 amide bonds. The Labute approximate surface area is 139 Å². The molecular formula is C18H18BrNO2. The fourth-order valence-corrected chi connectivity index (χ4v) is 2.95. The normalized spacial score (nSPS) is 18.3. The summed E-state index contributed by atoms with van der Waals surface area (Å²) in [5.74, 6) is -0.237. The number of hydrogen-bond acceptors (Lipinski definition) is 3. The average molecular weight is 360 g/mol. The van der Waals surface area contributed by atoms with Gasteiger partial charge in [-0.25, -0.2) is 4.79 Å². The van der Waals surface area contributed by atoms with E-state index in [-0.39, 0.29) is 12.1 Å². The van der Waals surface area contributed by atoms with Crippen LogP contribution in [0.3, 0.4) is 0 Å². The second-order valence-corrected chi connectivity index (χ2v) is 6.46. The lowest BCUT2D eigenvalue weighted by atomic mass is 10.2. The molecule has 0 aliphatic carbocycles. The van der Waals surface area contributed by atoms with E-state index in [0.29, 0.717) is 5.56 Å². The van der Waals surface area contributed by atoms with Crippen LogP contribution in [-0.2, 0) is 11.3 Å². The fourth-order valence-electron chi connectivity index (χ4n) is 2.68. The number of halogens is 1. The minimum absolute atomic E-state index is 0.0140. The van der Waals surface area contributed by atoms with Crippen LogP contribution in [0.1, 0.15) is 22.3 Å². The Morgan fingerprint density at radius 3 is 2.59 bits per heavy atom. The highest BCUT2D eigenvalue weighted by atomic mass is 79.9. The predicted octanol–water partition coefficient (Wildman–Crippen LogP) is 3.88. The van der Waals surface area contributed by atoms with Crippen molar-refractivity contribution in [2.45, 2.75) is 19.1 Å². The molecule has 1 saturated heterocycles. The van der Waals surface area contributed by atoms with Crippen molar-refractivity contribution >= 4 is 21.9 Å². The van der Waals surface area contributed by atoms with E-state index in [9.17, 15) is 4.79 Å². The van der Waals surface area contributed by atoms with Crippen LogP contribution >= 0.6 is 15.9 Å². The van der Waals surface area contributed by atoms with E-state index in [4.69, 9.17) is 4.74 Å². The Morgan fingerprint density at radius 2 is 1.86 bits per heavy atom. The summed E-state index contributed by atoms with van der Waals surface area (Å²) in [5, 5.41) is 0. The number of nitrogens with zero attached hydrogens (tertiary/aromatic N) is 1. The van der Waals surface area contributed by atoms with Gasteiger partial charge in [-0.2, -0.15) is 0 Å². The largest absolute Gasteiger partial charge is 0.457 e. The number of benzene rings is 2. The van der Waals surface area contributed by atoms with E-state index in [1.54, 1.807) is 12.1 Å². The van der Waals surface area contributed by atoms with Crippen molar-refractivity contribution in [2.75, 3.05) is 13.1 Å². The zero-order chi connectivity index (χ0) is 15.4. The number of hydrogen-bond donors (Lipinski definition) is 0. The van der Waals surface area contributed by atoms with Crippen molar-refractivity contribution < 1.29 is 9.53 Å². The van der Waals surface area contributed by atoms with Crippen LogP contribution in [0.2, 0.25) is 0 Å². The molecule has 0 spiro atoms. The Hall–Kier alpha value is -1.65. The van der Waals surface area contributed by atoms with Crippen LogP contribution in [0.5, 0.6) is 0 Å². The quantitative estimate of drug-likeness (QED) is 0.775. The zero-order valence-corrected chi connectivity index (χ0v) is 13.8. The number of esters is 1. The number of ether oxygens (including phenoxy) is 1. The number of likely N-dealkylation sites (tertiary alicyclic amines) is 1. The molecule has 0 saturated carbocycles. The number of carbonyl (C=O) groups is 1. The molecule has 3 nitrogen and oxygen atoms in total.